The van der Waals surface area contributed by atoms with Crippen molar-refractivity contribution in [3.63, 3.8) is 0 Å². The summed E-state index contributed by atoms with van der Waals surface area (Å²) in [5.41, 5.74) is -0.974. The molecule has 0 spiro atoms. The Morgan fingerprint density at radius 3 is 1.87 bits per heavy atom. The summed E-state index contributed by atoms with van der Waals surface area (Å²) in [6.45, 7) is 11.5. The molecule has 0 aliphatic carbocycles. The molecule has 460 valence electrons. The molecule has 1 fully saturated rings. The molecule has 4 heterocycles. The number of ether oxygens (including phenoxy) is 8. The van der Waals surface area contributed by atoms with E-state index in [1.54, 1.807) is 88.4 Å². The molecule has 0 radical (unpaired) electrons. The van der Waals surface area contributed by atoms with Crippen molar-refractivity contribution >= 4 is 58.2 Å². The van der Waals surface area contributed by atoms with Crippen LogP contribution in [0, 0.1) is 30.6 Å². The van der Waals surface area contributed by atoms with E-state index >= 15 is 0 Å². The lowest BCUT2D eigenvalue weighted by Gasteiger charge is -2.38. The Labute approximate surface area is 502 Å². The van der Waals surface area contributed by atoms with Gasteiger partial charge in [-0.05, 0) is 56.3 Å². The molecule has 6 N–H and O–H groups in total. The highest BCUT2D eigenvalue weighted by Crippen LogP contribution is 2.55. The third-order valence-corrected chi connectivity index (χ3v) is 15.9. The largest absolute Gasteiger partial charge is 0.507 e. The minimum atomic E-state index is -2.22. The van der Waals surface area contributed by atoms with Gasteiger partial charge in [0, 0.05) is 68.2 Å². The number of hydrazone groups is 1. The third-order valence-electron chi connectivity index (χ3n) is 15.9. The highest BCUT2D eigenvalue weighted by atomic mass is 16.7. The zero-order chi connectivity index (χ0) is 63.2. The number of aliphatic hydroxyl groups excluding tert-OH is 2. The number of carbonyl (C=O) groups excluding carboxylic acids is 6. The van der Waals surface area contributed by atoms with Gasteiger partial charge in [0.1, 0.15) is 36.1 Å². The first-order valence-corrected chi connectivity index (χ1v) is 28.1. The molecular formula is C65H71N3O19. The number of phenols is 3. The van der Waals surface area contributed by atoms with Crippen molar-refractivity contribution < 1.29 is 92.2 Å². The number of nitrogens with zero attached hydrogens (tertiary/aromatic N) is 2. The lowest BCUT2D eigenvalue weighted by atomic mass is 9.78. The maximum absolute atomic E-state index is 14.9. The smallest absolute Gasteiger partial charge is 0.338 e. The number of hydrogen-bond donors (Lipinski definition) is 6. The van der Waals surface area contributed by atoms with Crippen molar-refractivity contribution in [3.05, 3.63) is 161 Å². The summed E-state index contributed by atoms with van der Waals surface area (Å²) in [4.78, 5) is 83.1. The van der Waals surface area contributed by atoms with Gasteiger partial charge in [-0.2, -0.15) is 5.10 Å². The van der Waals surface area contributed by atoms with Crippen LogP contribution in [0.15, 0.2) is 132 Å². The van der Waals surface area contributed by atoms with Crippen LogP contribution in [0.2, 0.25) is 0 Å². The standard InChI is InChI=1S/C65H71N3O19/c1-33-21-20-22-34(2)60(76)67-49-43(31-66-68(9)61-58(86-64(79)42-27-18-13-19-28-42)57(85-63(78)41-25-16-12-17-26-41)45(84-61)32-81-62(77)40-23-14-11-15-24-40)53(73)46-47(54(49)74)52(72)38(6)56-48(46)59(75)65(8,87-56)82-30-29-44(80-10)35(3)55(83-39(7)69)37(5)51(71)36(4)50(33)70/h11-31,33,35-37,44-45,50-51,55,57-58,61,70-74H,32H2,1-10H3,(H,67,76)/b21-20+,30-29+,34-22+,66-31-. The van der Waals surface area contributed by atoms with Crippen LogP contribution in [0.1, 0.15) is 101 Å². The van der Waals surface area contributed by atoms with Crippen LogP contribution in [0.5, 0.6) is 23.0 Å². The van der Waals surface area contributed by atoms with Crippen LogP contribution in [-0.4, -0.2) is 148 Å². The van der Waals surface area contributed by atoms with E-state index in [9.17, 15) is 54.3 Å². The van der Waals surface area contributed by atoms with Crippen LogP contribution in [0.4, 0.5) is 5.69 Å². The van der Waals surface area contributed by atoms with Crippen molar-refractivity contribution in [2.75, 3.05) is 26.1 Å². The first-order valence-electron chi connectivity index (χ1n) is 28.1. The molecule has 4 aliphatic rings. The van der Waals surface area contributed by atoms with Crippen LogP contribution in [0.3, 0.4) is 0 Å². The van der Waals surface area contributed by atoms with Gasteiger partial charge in [-0.25, -0.2) is 14.4 Å². The molecule has 0 aromatic heterocycles. The fourth-order valence-electron chi connectivity index (χ4n) is 10.8. The number of phenolic OH excluding ortho intramolecular Hbond substituents is 3. The van der Waals surface area contributed by atoms with Gasteiger partial charge >= 0.3 is 29.7 Å². The number of methoxy groups -OCH3 is 1. The molecule has 1 saturated heterocycles. The van der Waals surface area contributed by atoms with E-state index in [0.717, 1.165) is 17.5 Å². The number of anilines is 1. The quantitative estimate of drug-likeness (QED) is 0.0172. The van der Waals surface area contributed by atoms with Crippen LogP contribution in [-0.2, 0) is 42.7 Å². The van der Waals surface area contributed by atoms with Gasteiger partial charge in [0.2, 0.25) is 0 Å². The molecule has 22 nitrogen and oxygen atoms in total. The van der Waals surface area contributed by atoms with Crippen molar-refractivity contribution in [1.29, 1.82) is 0 Å². The van der Waals surface area contributed by atoms with E-state index in [-0.39, 0.29) is 39.1 Å². The molecule has 87 heavy (non-hydrogen) atoms. The van der Waals surface area contributed by atoms with Gasteiger partial charge in [-0.1, -0.05) is 101 Å². The summed E-state index contributed by atoms with van der Waals surface area (Å²) in [5, 5.41) is 67.7. The maximum atomic E-state index is 14.9. The van der Waals surface area contributed by atoms with E-state index in [0.29, 0.717) is 0 Å². The number of hydrogen-bond acceptors (Lipinski definition) is 21. The summed E-state index contributed by atoms with van der Waals surface area (Å²) in [6.07, 6.45) is -2.10. The zero-order valence-electron chi connectivity index (χ0n) is 49.6. The van der Waals surface area contributed by atoms with Crippen LogP contribution in [0.25, 0.3) is 10.8 Å². The Bertz CT molecular complexity index is 3520. The number of allylic oxidation sites excluding steroid dienone is 2. The maximum Gasteiger partial charge on any atom is 0.338 e. The minimum absolute atomic E-state index is 0.0189. The van der Waals surface area contributed by atoms with Crippen molar-refractivity contribution in [3.8, 4) is 23.0 Å². The number of carbonyl (C=O) groups is 6. The monoisotopic (exact) mass is 1200 g/mol. The van der Waals surface area contributed by atoms with Crippen LogP contribution < -0.4 is 10.1 Å². The Morgan fingerprint density at radius 1 is 0.724 bits per heavy atom. The molecule has 1 amide bonds. The van der Waals surface area contributed by atoms with E-state index < -0.39 is 160 Å². The Morgan fingerprint density at radius 2 is 1.30 bits per heavy atom. The van der Waals surface area contributed by atoms with Gasteiger partial charge in [0.05, 0.1) is 69.7 Å². The second-order valence-electron chi connectivity index (χ2n) is 21.9. The number of esters is 4. The first kappa shape index (κ1) is 63.9. The van der Waals surface area contributed by atoms with Gasteiger partial charge in [-0.15, -0.1) is 0 Å². The second kappa shape index (κ2) is 27.1. The number of nitrogens with one attached hydrogen (secondary N) is 1. The summed E-state index contributed by atoms with van der Waals surface area (Å²) >= 11 is 0. The highest BCUT2D eigenvalue weighted by Gasteiger charge is 2.53. The molecule has 5 bridgehead atoms. The summed E-state index contributed by atoms with van der Waals surface area (Å²) in [5.74, 6) is -12.6. The van der Waals surface area contributed by atoms with Gasteiger partial charge in [0.25, 0.3) is 11.7 Å². The average Bonchev–Trinajstić information content (AvgIpc) is 1.71. The number of likely N-dealkylation sites (N-methyl/N-ethyl adjacent to an activating group) is 1. The number of aromatic hydroxyl groups is 3. The molecule has 5 aromatic carbocycles. The molecule has 0 saturated carbocycles. The highest BCUT2D eigenvalue weighted by molar-refractivity contribution is 6.24. The number of fused-ring (bicyclic) bond motifs is 14. The molecule has 9 rings (SSSR count). The van der Waals surface area contributed by atoms with Gasteiger partial charge in [0.15, 0.2) is 24.2 Å². The second-order valence-corrected chi connectivity index (χ2v) is 21.9. The molecular weight excluding hydrogens is 1130 g/mol. The Hall–Kier alpha value is -9.09. The molecule has 13 atom stereocenters. The average molecular weight is 1200 g/mol. The topological polar surface area (TPSA) is 305 Å². The number of aliphatic hydroxyl groups is 2. The predicted octanol–water partition coefficient (Wildman–Crippen LogP) is 8.05. The zero-order valence-corrected chi connectivity index (χ0v) is 49.6. The number of rotatable bonds is 12. The fourth-order valence-corrected chi connectivity index (χ4v) is 10.8. The minimum Gasteiger partial charge on any atom is -0.507 e. The Kier molecular flexibility index (Phi) is 19.9. The summed E-state index contributed by atoms with van der Waals surface area (Å²) < 4.78 is 48.3. The van der Waals surface area contributed by atoms with Gasteiger partial charge < -0.3 is 68.7 Å². The molecule has 13 unspecified atom stereocenters. The van der Waals surface area contributed by atoms with Crippen LogP contribution >= 0.6 is 0 Å². The fraction of sp³-hybridized carbons (Fsp3) is 0.369. The normalized spacial score (nSPS) is 28.2. The summed E-state index contributed by atoms with van der Waals surface area (Å²) in [7, 11) is 2.76. The van der Waals surface area contributed by atoms with Crippen molar-refractivity contribution in [2.24, 2.45) is 28.8 Å². The van der Waals surface area contributed by atoms with Crippen molar-refractivity contribution in [1.82, 2.24) is 5.01 Å². The van der Waals surface area contributed by atoms with E-state index in [2.05, 4.69) is 10.4 Å². The molecule has 5 aromatic rings. The van der Waals surface area contributed by atoms with E-state index in [1.165, 1.54) is 96.5 Å². The Balaban J connectivity index is 1.26. The van der Waals surface area contributed by atoms with Gasteiger partial charge in [-0.3, -0.25) is 19.4 Å². The van der Waals surface area contributed by atoms with Crippen molar-refractivity contribution in [2.45, 2.75) is 110 Å². The third kappa shape index (κ3) is 13.5. The molecule has 22 heteroatoms. The lowest BCUT2D eigenvalue weighted by molar-refractivity contribution is -0.160. The summed E-state index contributed by atoms with van der Waals surface area (Å²) in [6, 6.07) is 23.9. The number of ketones is 1. The molecule has 4 aliphatic heterocycles. The number of benzene rings is 5. The lowest BCUT2D eigenvalue weighted by Crippen LogP contribution is -2.46. The number of amides is 1. The number of Topliss-reactive ketones (excluding diaryl/α,β-unsaturated/α-hetero) is 1. The van der Waals surface area contributed by atoms with E-state index in [4.69, 9.17) is 37.9 Å². The predicted molar refractivity (Wildman–Crippen MR) is 316 cm³/mol. The van der Waals surface area contributed by atoms with E-state index in [1.807, 2.05) is 0 Å². The SMILES string of the molecule is COC1/C=C/OC2(C)Oc3c(C)c(O)c4c(O)c(c(/C=N\N(C)C5OC(COC(=O)c6ccccc6)C(OC(=O)c6ccccc6)C5OC(=O)c5ccccc5)c(O)c4c3C2=O)NC(=O)/C(C)=C/C=C/C(C)C(O)C(C)C(O)C(C)C(OC(C)=O)C1C. The first-order chi connectivity index (χ1) is 41.4.